The Labute approximate surface area is 99.2 Å². The van der Waals surface area contributed by atoms with Crippen molar-refractivity contribution in [3.63, 3.8) is 0 Å². The first kappa shape index (κ1) is 11.0. The molecule has 0 aromatic heterocycles. The Morgan fingerprint density at radius 1 is 1.12 bits per heavy atom. The van der Waals surface area contributed by atoms with Crippen molar-refractivity contribution in [2.75, 3.05) is 33.2 Å². The summed E-state index contributed by atoms with van der Waals surface area (Å²) < 4.78 is 0. The van der Waals surface area contributed by atoms with Gasteiger partial charge in [0.05, 0.1) is 0 Å². The second-order valence-electron chi connectivity index (χ2n) is 5.82. The second kappa shape index (κ2) is 4.63. The maximum absolute atomic E-state index is 3.49. The molecule has 0 aliphatic carbocycles. The first-order valence-electron chi connectivity index (χ1n) is 7.01. The molecule has 3 rings (SSSR count). The minimum atomic E-state index is 0.804. The Morgan fingerprint density at radius 3 is 2.88 bits per heavy atom. The van der Waals surface area contributed by atoms with Crippen LogP contribution in [0.3, 0.4) is 0 Å². The van der Waals surface area contributed by atoms with Gasteiger partial charge in [-0.2, -0.15) is 0 Å². The van der Waals surface area contributed by atoms with Gasteiger partial charge in [0, 0.05) is 24.7 Å². The van der Waals surface area contributed by atoms with Crippen molar-refractivity contribution in [2.45, 2.75) is 50.2 Å². The maximum Gasteiger partial charge on any atom is 0.0232 e. The van der Waals surface area contributed by atoms with Gasteiger partial charge in [0.25, 0.3) is 0 Å². The molecule has 0 amide bonds. The van der Waals surface area contributed by atoms with Gasteiger partial charge in [-0.25, -0.2) is 0 Å². The van der Waals surface area contributed by atoms with E-state index in [1.165, 1.54) is 58.3 Å². The van der Waals surface area contributed by atoms with Crippen LogP contribution in [0.5, 0.6) is 0 Å². The van der Waals surface area contributed by atoms with Gasteiger partial charge >= 0.3 is 0 Å². The smallest absolute Gasteiger partial charge is 0.0232 e. The van der Waals surface area contributed by atoms with Crippen LogP contribution in [0.4, 0.5) is 0 Å². The largest absolute Gasteiger partial charge is 0.315 e. The maximum atomic E-state index is 3.49. The molecule has 92 valence electrons. The molecular weight excluding hydrogens is 198 g/mol. The summed E-state index contributed by atoms with van der Waals surface area (Å²) in [6, 6.07) is 2.57. The fraction of sp³-hybridized carbons (Fsp3) is 1.00. The number of nitrogens with one attached hydrogen (secondary N) is 1. The number of likely N-dealkylation sites (N-methyl/N-ethyl adjacent to an activating group) is 1. The van der Waals surface area contributed by atoms with Crippen LogP contribution in [0.2, 0.25) is 0 Å². The van der Waals surface area contributed by atoms with E-state index in [0.717, 1.165) is 18.1 Å². The van der Waals surface area contributed by atoms with E-state index in [2.05, 4.69) is 22.2 Å². The summed E-state index contributed by atoms with van der Waals surface area (Å²) in [6.45, 7) is 5.14. The minimum Gasteiger partial charge on any atom is -0.315 e. The third kappa shape index (κ3) is 2.01. The van der Waals surface area contributed by atoms with Crippen LogP contribution in [-0.2, 0) is 0 Å². The summed E-state index contributed by atoms with van der Waals surface area (Å²) in [5.74, 6) is 0. The molecule has 0 bridgehead atoms. The van der Waals surface area contributed by atoms with Gasteiger partial charge in [0.15, 0.2) is 0 Å². The van der Waals surface area contributed by atoms with E-state index < -0.39 is 0 Å². The standard InChI is InChI=1S/C13H25N3/c1-15(13-4-6-14-10-13)11-5-8-16-7-2-3-12(16)9-11/h11-14H,2-10H2,1H3. The average molecular weight is 223 g/mol. The van der Waals surface area contributed by atoms with Crippen molar-refractivity contribution in [1.82, 2.24) is 15.1 Å². The zero-order valence-electron chi connectivity index (χ0n) is 10.5. The lowest BCUT2D eigenvalue weighted by atomic mass is 9.95. The molecule has 3 heteroatoms. The number of piperidine rings is 1. The molecule has 16 heavy (non-hydrogen) atoms. The topological polar surface area (TPSA) is 18.5 Å². The third-order valence-corrected chi connectivity index (χ3v) is 4.98. The third-order valence-electron chi connectivity index (χ3n) is 4.98. The molecule has 3 heterocycles. The summed E-state index contributed by atoms with van der Waals surface area (Å²) in [5.41, 5.74) is 0. The molecule has 3 saturated heterocycles. The van der Waals surface area contributed by atoms with Crippen LogP contribution in [-0.4, -0.2) is 61.2 Å². The summed E-state index contributed by atoms with van der Waals surface area (Å²) in [7, 11) is 2.35. The van der Waals surface area contributed by atoms with Crippen LogP contribution < -0.4 is 5.32 Å². The quantitative estimate of drug-likeness (QED) is 0.750. The lowest BCUT2D eigenvalue weighted by Crippen LogP contribution is -2.49. The SMILES string of the molecule is CN(C1CCNC1)C1CCN2CCCC2C1. The fourth-order valence-electron chi connectivity index (χ4n) is 3.86. The van der Waals surface area contributed by atoms with Crippen LogP contribution in [0, 0.1) is 0 Å². The lowest BCUT2D eigenvalue weighted by Gasteiger charge is -2.41. The normalized spacial score (nSPS) is 40.5. The molecule has 3 aliphatic rings. The molecule has 0 aromatic rings. The number of nitrogens with zero attached hydrogens (tertiary/aromatic N) is 2. The second-order valence-corrected chi connectivity index (χ2v) is 5.82. The van der Waals surface area contributed by atoms with Crippen LogP contribution in [0.25, 0.3) is 0 Å². The highest BCUT2D eigenvalue weighted by Crippen LogP contribution is 2.30. The van der Waals surface area contributed by atoms with Crippen molar-refractivity contribution in [1.29, 1.82) is 0 Å². The summed E-state index contributed by atoms with van der Waals surface area (Å²) in [4.78, 5) is 5.40. The van der Waals surface area contributed by atoms with E-state index in [1.54, 1.807) is 0 Å². The van der Waals surface area contributed by atoms with Crippen LogP contribution in [0.15, 0.2) is 0 Å². The Morgan fingerprint density at radius 2 is 2.06 bits per heavy atom. The molecule has 1 N–H and O–H groups in total. The first-order chi connectivity index (χ1) is 7.84. The van der Waals surface area contributed by atoms with E-state index in [1.807, 2.05) is 0 Å². The van der Waals surface area contributed by atoms with Gasteiger partial charge in [0.2, 0.25) is 0 Å². The molecule has 0 saturated carbocycles. The van der Waals surface area contributed by atoms with Crippen LogP contribution in [0.1, 0.15) is 32.1 Å². The van der Waals surface area contributed by atoms with Gasteiger partial charge in [-0.3, -0.25) is 4.90 Å². The number of rotatable bonds is 2. The summed E-state index contributed by atoms with van der Waals surface area (Å²) in [5, 5.41) is 3.49. The van der Waals surface area contributed by atoms with E-state index in [0.29, 0.717) is 0 Å². The number of fused-ring (bicyclic) bond motifs is 1. The van der Waals surface area contributed by atoms with Gasteiger partial charge in [0.1, 0.15) is 0 Å². The molecular formula is C13H25N3. The number of hydrogen-bond donors (Lipinski definition) is 1. The van der Waals surface area contributed by atoms with Crippen molar-refractivity contribution in [2.24, 2.45) is 0 Å². The molecule has 3 unspecified atom stereocenters. The highest BCUT2D eigenvalue weighted by Gasteiger charge is 2.35. The lowest BCUT2D eigenvalue weighted by molar-refractivity contribution is 0.0823. The van der Waals surface area contributed by atoms with Crippen LogP contribution >= 0.6 is 0 Å². The van der Waals surface area contributed by atoms with E-state index >= 15 is 0 Å². The van der Waals surface area contributed by atoms with Gasteiger partial charge < -0.3 is 10.2 Å². The highest BCUT2D eigenvalue weighted by molar-refractivity contribution is 4.92. The molecule has 0 radical (unpaired) electrons. The zero-order valence-corrected chi connectivity index (χ0v) is 10.5. The minimum absolute atomic E-state index is 0.804. The van der Waals surface area contributed by atoms with E-state index in [9.17, 15) is 0 Å². The van der Waals surface area contributed by atoms with Crippen molar-refractivity contribution < 1.29 is 0 Å². The fourth-order valence-corrected chi connectivity index (χ4v) is 3.86. The molecule has 0 aromatic carbocycles. The number of hydrogen-bond acceptors (Lipinski definition) is 3. The molecule has 3 atom stereocenters. The Hall–Kier alpha value is -0.120. The Kier molecular flexibility index (Phi) is 3.18. The van der Waals surface area contributed by atoms with Gasteiger partial charge in [-0.1, -0.05) is 0 Å². The predicted octanol–water partition coefficient (Wildman–Crippen LogP) is 0.907. The van der Waals surface area contributed by atoms with Crippen molar-refractivity contribution in [3.8, 4) is 0 Å². The predicted molar refractivity (Wildman–Crippen MR) is 66.7 cm³/mol. The molecule has 0 spiro atoms. The Bertz CT molecular complexity index is 237. The van der Waals surface area contributed by atoms with Crippen molar-refractivity contribution >= 4 is 0 Å². The van der Waals surface area contributed by atoms with Gasteiger partial charge in [-0.15, -0.1) is 0 Å². The average Bonchev–Trinajstić information content (AvgIpc) is 2.98. The zero-order chi connectivity index (χ0) is 11.0. The Balaban J connectivity index is 1.58. The summed E-state index contributed by atoms with van der Waals surface area (Å²) >= 11 is 0. The first-order valence-corrected chi connectivity index (χ1v) is 7.01. The molecule has 3 aliphatic heterocycles. The monoisotopic (exact) mass is 223 g/mol. The molecule has 3 fully saturated rings. The van der Waals surface area contributed by atoms with E-state index in [4.69, 9.17) is 0 Å². The van der Waals surface area contributed by atoms with Gasteiger partial charge in [-0.05, 0) is 58.8 Å². The van der Waals surface area contributed by atoms with E-state index in [-0.39, 0.29) is 0 Å². The highest BCUT2D eigenvalue weighted by atomic mass is 15.2. The van der Waals surface area contributed by atoms with Crippen molar-refractivity contribution in [3.05, 3.63) is 0 Å². The summed E-state index contributed by atoms with van der Waals surface area (Å²) in [6.07, 6.45) is 7.05. The molecule has 3 nitrogen and oxygen atoms in total.